The van der Waals surface area contributed by atoms with E-state index in [0.29, 0.717) is 18.2 Å². The summed E-state index contributed by atoms with van der Waals surface area (Å²) in [7, 11) is 0. The maximum atomic E-state index is 12.1. The van der Waals surface area contributed by atoms with E-state index in [2.05, 4.69) is 15.5 Å². The molecule has 128 valence electrons. The lowest BCUT2D eigenvalue weighted by atomic mass is 10.3. The van der Waals surface area contributed by atoms with Crippen LogP contribution < -0.4 is 15.4 Å². The van der Waals surface area contributed by atoms with Crippen molar-refractivity contribution in [1.82, 2.24) is 15.5 Å². The molecule has 1 saturated heterocycles. The Morgan fingerprint density at radius 3 is 2.75 bits per heavy atom. The van der Waals surface area contributed by atoms with E-state index in [9.17, 15) is 4.79 Å². The van der Waals surface area contributed by atoms with Gasteiger partial charge in [0, 0.05) is 38.8 Å². The molecule has 6 heteroatoms. The van der Waals surface area contributed by atoms with Gasteiger partial charge in [-0.1, -0.05) is 18.2 Å². The highest BCUT2D eigenvalue weighted by molar-refractivity contribution is 5.91. The molecule has 2 aromatic rings. The monoisotopic (exact) mass is 329 g/mol. The zero-order valence-corrected chi connectivity index (χ0v) is 13.7. The number of amides is 1. The molecule has 0 aliphatic carbocycles. The maximum absolute atomic E-state index is 12.1. The van der Waals surface area contributed by atoms with E-state index in [4.69, 9.17) is 9.15 Å². The fraction of sp³-hybridized carbons (Fsp3) is 0.389. The Bertz CT molecular complexity index is 636. The SMILES string of the molecule is O=C(NCCCN1CCNCC1)c1ccc(Oc2ccccc2)o1. The number of benzene rings is 1. The molecule has 6 nitrogen and oxygen atoms in total. The number of ether oxygens (including phenoxy) is 1. The van der Waals surface area contributed by atoms with Crippen molar-refractivity contribution in [3.05, 3.63) is 48.2 Å². The second kappa shape index (κ2) is 8.52. The second-order valence-corrected chi connectivity index (χ2v) is 5.73. The van der Waals surface area contributed by atoms with Crippen LogP contribution in [0.3, 0.4) is 0 Å². The van der Waals surface area contributed by atoms with E-state index >= 15 is 0 Å². The van der Waals surface area contributed by atoms with Gasteiger partial charge in [-0.3, -0.25) is 4.79 Å². The molecule has 0 spiro atoms. The van der Waals surface area contributed by atoms with Gasteiger partial charge in [0.2, 0.25) is 0 Å². The summed E-state index contributed by atoms with van der Waals surface area (Å²) in [6.07, 6.45) is 0.930. The van der Waals surface area contributed by atoms with Crippen LogP contribution >= 0.6 is 0 Å². The van der Waals surface area contributed by atoms with Crippen LogP contribution in [0, 0.1) is 0 Å². The topological polar surface area (TPSA) is 66.7 Å². The smallest absolute Gasteiger partial charge is 0.290 e. The lowest BCUT2D eigenvalue weighted by molar-refractivity contribution is 0.0918. The van der Waals surface area contributed by atoms with E-state index in [1.807, 2.05) is 30.3 Å². The van der Waals surface area contributed by atoms with Crippen molar-refractivity contribution in [2.24, 2.45) is 0 Å². The number of hydrogen-bond acceptors (Lipinski definition) is 5. The first-order valence-electron chi connectivity index (χ1n) is 8.35. The molecule has 3 rings (SSSR count). The predicted molar refractivity (Wildman–Crippen MR) is 91.5 cm³/mol. The lowest BCUT2D eigenvalue weighted by Crippen LogP contribution is -2.44. The van der Waals surface area contributed by atoms with Gasteiger partial charge >= 0.3 is 0 Å². The average molecular weight is 329 g/mol. The Morgan fingerprint density at radius 2 is 1.96 bits per heavy atom. The van der Waals surface area contributed by atoms with Crippen LogP contribution in [0.15, 0.2) is 46.9 Å². The van der Waals surface area contributed by atoms with Crippen molar-refractivity contribution in [2.75, 3.05) is 39.3 Å². The minimum atomic E-state index is -0.210. The van der Waals surface area contributed by atoms with Gasteiger partial charge in [0.05, 0.1) is 0 Å². The Hall–Kier alpha value is -2.31. The third-order valence-electron chi connectivity index (χ3n) is 3.91. The van der Waals surface area contributed by atoms with Gasteiger partial charge < -0.3 is 24.7 Å². The fourth-order valence-electron chi connectivity index (χ4n) is 2.63. The molecule has 2 N–H and O–H groups in total. The highest BCUT2D eigenvalue weighted by atomic mass is 16.6. The van der Waals surface area contributed by atoms with E-state index < -0.39 is 0 Å². The Labute approximate surface area is 141 Å². The number of rotatable bonds is 7. The summed E-state index contributed by atoms with van der Waals surface area (Å²) in [5.74, 6) is 1.04. The molecule has 24 heavy (non-hydrogen) atoms. The normalized spacial score (nSPS) is 15.2. The standard InChI is InChI=1S/C18H23N3O3/c22-18(20-9-4-12-21-13-10-19-11-14-21)16-7-8-17(24-16)23-15-5-2-1-3-6-15/h1-3,5-8,19H,4,9-14H2,(H,20,22). The van der Waals surface area contributed by atoms with E-state index in [1.54, 1.807) is 12.1 Å². The first kappa shape index (κ1) is 16.5. The van der Waals surface area contributed by atoms with Crippen LogP contribution in [0.1, 0.15) is 17.0 Å². The number of furan rings is 1. The Balaban J connectivity index is 1.40. The maximum Gasteiger partial charge on any atom is 0.290 e. The molecular weight excluding hydrogens is 306 g/mol. The molecule has 0 radical (unpaired) electrons. The van der Waals surface area contributed by atoms with Gasteiger partial charge in [-0.15, -0.1) is 0 Å². The third-order valence-corrected chi connectivity index (χ3v) is 3.91. The van der Waals surface area contributed by atoms with E-state index in [-0.39, 0.29) is 11.7 Å². The molecule has 1 amide bonds. The van der Waals surface area contributed by atoms with Crippen molar-refractivity contribution >= 4 is 5.91 Å². The molecular formula is C18H23N3O3. The number of para-hydroxylation sites is 1. The third kappa shape index (κ3) is 4.84. The highest BCUT2D eigenvalue weighted by Crippen LogP contribution is 2.23. The molecule has 2 heterocycles. The van der Waals surface area contributed by atoms with Crippen LogP contribution in [0.25, 0.3) is 0 Å². The molecule has 0 unspecified atom stereocenters. The minimum absolute atomic E-state index is 0.210. The zero-order chi connectivity index (χ0) is 16.6. The van der Waals surface area contributed by atoms with Crippen LogP contribution in [-0.2, 0) is 0 Å². The van der Waals surface area contributed by atoms with Crippen molar-refractivity contribution in [3.63, 3.8) is 0 Å². The molecule has 0 saturated carbocycles. The Morgan fingerprint density at radius 1 is 1.17 bits per heavy atom. The number of carbonyl (C=O) groups excluding carboxylic acids is 1. The van der Waals surface area contributed by atoms with Gasteiger partial charge in [0.1, 0.15) is 5.75 Å². The Kier molecular flexibility index (Phi) is 5.87. The molecule has 1 aliphatic rings. The van der Waals surface area contributed by atoms with E-state index in [1.165, 1.54) is 0 Å². The van der Waals surface area contributed by atoms with Gasteiger partial charge in [-0.25, -0.2) is 0 Å². The number of carbonyl (C=O) groups is 1. The van der Waals surface area contributed by atoms with Crippen molar-refractivity contribution in [2.45, 2.75) is 6.42 Å². The highest BCUT2D eigenvalue weighted by Gasteiger charge is 2.13. The number of nitrogens with zero attached hydrogens (tertiary/aromatic N) is 1. The molecule has 0 atom stereocenters. The van der Waals surface area contributed by atoms with Crippen LogP contribution in [0.4, 0.5) is 0 Å². The zero-order valence-electron chi connectivity index (χ0n) is 13.7. The number of nitrogens with one attached hydrogen (secondary N) is 2. The summed E-state index contributed by atoms with van der Waals surface area (Å²) in [5.41, 5.74) is 0. The number of hydrogen-bond donors (Lipinski definition) is 2. The van der Waals surface area contributed by atoms with Gasteiger partial charge in [-0.05, 0) is 31.2 Å². The summed E-state index contributed by atoms with van der Waals surface area (Å²) in [5, 5.41) is 6.21. The van der Waals surface area contributed by atoms with Crippen LogP contribution in [0.2, 0.25) is 0 Å². The van der Waals surface area contributed by atoms with Crippen molar-refractivity contribution in [3.8, 4) is 11.7 Å². The van der Waals surface area contributed by atoms with Gasteiger partial charge in [0.25, 0.3) is 11.9 Å². The minimum Gasteiger partial charge on any atom is -0.426 e. The first-order chi connectivity index (χ1) is 11.8. The van der Waals surface area contributed by atoms with Gasteiger partial charge in [-0.2, -0.15) is 0 Å². The van der Waals surface area contributed by atoms with E-state index in [0.717, 1.165) is 39.1 Å². The summed E-state index contributed by atoms with van der Waals surface area (Å²) in [6.45, 7) is 5.88. The van der Waals surface area contributed by atoms with Gasteiger partial charge in [0.15, 0.2) is 5.76 Å². The quantitative estimate of drug-likeness (QED) is 0.762. The predicted octanol–water partition coefficient (Wildman–Crippen LogP) is 2.10. The average Bonchev–Trinajstić information content (AvgIpc) is 3.09. The largest absolute Gasteiger partial charge is 0.426 e. The molecule has 1 aromatic heterocycles. The summed E-state index contributed by atoms with van der Waals surface area (Å²) in [4.78, 5) is 14.5. The molecule has 1 aliphatic heterocycles. The lowest BCUT2D eigenvalue weighted by Gasteiger charge is -2.26. The number of piperazine rings is 1. The second-order valence-electron chi connectivity index (χ2n) is 5.73. The first-order valence-corrected chi connectivity index (χ1v) is 8.35. The van der Waals surface area contributed by atoms with Crippen molar-refractivity contribution in [1.29, 1.82) is 0 Å². The summed E-state index contributed by atoms with van der Waals surface area (Å²) < 4.78 is 11.0. The van der Waals surface area contributed by atoms with Crippen molar-refractivity contribution < 1.29 is 13.9 Å². The van der Waals surface area contributed by atoms with Crippen LogP contribution in [0.5, 0.6) is 11.7 Å². The molecule has 1 fully saturated rings. The summed E-state index contributed by atoms with van der Waals surface area (Å²) in [6, 6.07) is 12.6. The summed E-state index contributed by atoms with van der Waals surface area (Å²) >= 11 is 0. The fourth-order valence-corrected chi connectivity index (χ4v) is 2.63. The molecule has 0 bridgehead atoms. The van der Waals surface area contributed by atoms with Crippen LogP contribution in [-0.4, -0.2) is 50.1 Å². The molecule has 1 aromatic carbocycles.